The Morgan fingerprint density at radius 2 is 2.10 bits per heavy atom. The molecular weight excluding hydrogens is 487 g/mol. The van der Waals surface area contributed by atoms with Crippen molar-refractivity contribution in [3.05, 3.63) is 24.2 Å². The second-order valence-corrected chi connectivity index (χ2v) is 7.92. The summed E-state index contributed by atoms with van der Waals surface area (Å²) < 4.78 is 16.2. The molecular formula is C20H35IN4O4. The molecule has 2 fully saturated rings. The summed E-state index contributed by atoms with van der Waals surface area (Å²) in [7, 11) is 0. The van der Waals surface area contributed by atoms with Gasteiger partial charge in [-0.3, -0.25) is 9.89 Å². The third kappa shape index (κ3) is 9.20. The van der Waals surface area contributed by atoms with Gasteiger partial charge in [0.05, 0.1) is 38.2 Å². The molecule has 166 valence electrons. The quantitative estimate of drug-likeness (QED) is 0.254. The van der Waals surface area contributed by atoms with Gasteiger partial charge in [-0.15, -0.1) is 24.0 Å². The number of aliphatic hydroxyl groups is 1. The molecule has 2 unspecified atom stereocenters. The maximum atomic E-state index is 10.8. The van der Waals surface area contributed by atoms with Gasteiger partial charge < -0.3 is 29.6 Å². The third-order valence-corrected chi connectivity index (χ3v) is 5.07. The summed E-state index contributed by atoms with van der Waals surface area (Å²) in [5, 5.41) is 17.5. The van der Waals surface area contributed by atoms with Gasteiger partial charge in [-0.25, -0.2) is 0 Å². The Labute approximate surface area is 190 Å². The van der Waals surface area contributed by atoms with E-state index in [2.05, 4.69) is 20.5 Å². The van der Waals surface area contributed by atoms with Crippen LogP contribution in [0.5, 0.6) is 0 Å². The van der Waals surface area contributed by atoms with Gasteiger partial charge in [0.15, 0.2) is 5.96 Å². The first-order chi connectivity index (χ1) is 13.6. The predicted molar refractivity (Wildman–Crippen MR) is 123 cm³/mol. The van der Waals surface area contributed by atoms with Crippen molar-refractivity contribution in [2.45, 2.75) is 25.4 Å². The minimum atomic E-state index is -0.885. The number of rotatable bonds is 9. The maximum absolute atomic E-state index is 10.8. The van der Waals surface area contributed by atoms with E-state index in [1.165, 1.54) is 0 Å². The minimum absolute atomic E-state index is 0. The fourth-order valence-electron chi connectivity index (χ4n) is 3.46. The molecule has 0 aromatic carbocycles. The number of ether oxygens (including phenoxy) is 2. The van der Waals surface area contributed by atoms with Gasteiger partial charge in [-0.05, 0) is 25.5 Å². The number of nitrogens with zero attached hydrogens (tertiary/aromatic N) is 2. The summed E-state index contributed by atoms with van der Waals surface area (Å²) in [5.74, 6) is 2.17. The SMILES string of the molecule is CC(O)(CN=C(NCCc1ccco1)NCC1CCOC1)CN1CCOCC1.I. The minimum Gasteiger partial charge on any atom is -0.469 e. The first-order valence-electron chi connectivity index (χ1n) is 10.3. The van der Waals surface area contributed by atoms with Crippen LogP contribution in [0, 0.1) is 5.92 Å². The predicted octanol–water partition coefficient (Wildman–Crippen LogP) is 1.09. The Hall–Kier alpha value is -0.880. The van der Waals surface area contributed by atoms with E-state index in [4.69, 9.17) is 13.9 Å². The van der Waals surface area contributed by atoms with E-state index in [0.717, 1.165) is 70.6 Å². The molecule has 0 spiro atoms. The Kier molecular flexibility index (Phi) is 10.7. The Bertz CT molecular complexity index is 585. The van der Waals surface area contributed by atoms with Crippen LogP contribution in [0.1, 0.15) is 19.1 Å². The van der Waals surface area contributed by atoms with Gasteiger partial charge in [0.25, 0.3) is 0 Å². The fraction of sp³-hybridized carbons (Fsp3) is 0.750. The van der Waals surface area contributed by atoms with Crippen molar-refractivity contribution in [2.24, 2.45) is 10.9 Å². The number of β-amino-alcohol motifs (C(OH)–C–C–N with tert-alkyl or cyclic N) is 1. The summed E-state index contributed by atoms with van der Waals surface area (Å²) in [6, 6.07) is 3.86. The van der Waals surface area contributed by atoms with Gasteiger partial charge in [0.1, 0.15) is 5.76 Å². The van der Waals surface area contributed by atoms with E-state index in [1.807, 2.05) is 19.1 Å². The van der Waals surface area contributed by atoms with E-state index < -0.39 is 5.60 Å². The monoisotopic (exact) mass is 522 g/mol. The number of furan rings is 1. The van der Waals surface area contributed by atoms with Crippen LogP contribution in [-0.4, -0.2) is 87.3 Å². The van der Waals surface area contributed by atoms with E-state index in [-0.39, 0.29) is 24.0 Å². The lowest BCUT2D eigenvalue weighted by Crippen LogP contribution is -2.48. The number of hydrogen-bond acceptors (Lipinski definition) is 6. The van der Waals surface area contributed by atoms with Gasteiger partial charge in [0.2, 0.25) is 0 Å². The standard InChI is InChI=1S/C20H34N4O4.HI/c1-20(25,16-24-7-11-26-12-8-24)15-23-19(22-13-17-5-10-27-14-17)21-6-4-18-3-2-9-28-18;/h2-3,9,17,25H,4-8,10-16H2,1H3,(H2,21,22,23);1H. The highest BCUT2D eigenvalue weighted by molar-refractivity contribution is 14.0. The number of nitrogens with one attached hydrogen (secondary N) is 2. The van der Waals surface area contributed by atoms with Gasteiger partial charge in [-0.1, -0.05) is 0 Å². The average molecular weight is 522 g/mol. The highest BCUT2D eigenvalue weighted by Crippen LogP contribution is 2.11. The number of morpholine rings is 1. The first kappa shape index (κ1) is 24.4. The molecule has 0 amide bonds. The molecule has 2 aliphatic heterocycles. The largest absolute Gasteiger partial charge is 0.469 e. The van der Waals surface area contributed by atoms with E-state index in [9.17, 15) is 5.11 Å². The van der Waals surface area contributed by atoms with E-state index >= 15 is 0 Å². The Morgan fingerprint density at radius 1 is 1.28 bits per heavy atom. The van der Waals surface area contributed by atoms with Crippen LogP contribution in [0.25, 0.3) is 0 Å². The summed E-state index contributed by atoms with van der Waals surface area (Å²) in [4.78, 5) is 6.88. The van der Waals surface area contributed by atoms with Crippen molar-refractivity contribution in [3.63, 3.8) is 0 Å². The zero-order valence-electron chi connectivity index (χ0n) is 17.3. The lowest BCUT2D eigenvalue weighted by Gasteiger charge is -2.33. The third-order valence-electron chi connectivity index (χ3n) is 5.07. The van der Waals surface area contributed by atoms with Crippen molar-refractivity contribution in [1.29, 1.82) is 0 Å². The van der Waals surface area contributed by atoms with Gasteiger partial charge >= 0.3 is 0 Å². The van der Waals surface area contributed by atoms with Crippen LogP contribution in [0.3, 0.4) is 0 Å². The molecule has 1 aromatic heterocycles. The Balaban J connectivity index is 0.00000300. The molecule has 29 heavy (non-hydrogen) atoms. The number of hydrogen-bond donors (Lipinski definition) is 3. The zero-order valence-corrected chi connectivity index (χ0v) is 19.6. The molecule has 2 aliphatic rings. The van der Waals surface area contributed by atoms with Crippen LogP contribution in [0.4, 0.5) is 0 Å². The van der Waals surface area contributed by atoms with Gasteiger partial charge in [-0.2, -0.15) is 0 Å². The maximum Gasteiger partial charge on any atom is 0.191 e. The molecule has 9 heteroatoms. The van der Waals surface area contributed by atoms with Crippen molar-refractivity contribution < 1.29 is 19.0 Å². The number of aliphatic imine (C=N–C) groups is 1. The molecule has 0 saturated carbocycles. The first-order valence-corrected chi connectivity index (χ1v) is 10.3. The second-order valence-electron chi connectivity index (χ2n) is 7.92. The molecule has 0 bridgehead atoms. The lowest BCUT2D eigenvalue weighted by molar-refractivity contribution is -0.0180. The van der Waals surface area contributed by atoms with Crippen LogP contribution in [-0.2, 0) is 15.9 Å². The van der Waals surface area contributed by atoms with Crippen LogP contribution >= 0.6 is 24.0 Å². The van der Waals surface area contributed by atoms with E-state index in [1.54, 1.807) is 6.26 Å². The van der Waals surface area contributed by atoms with Crippen LogP contribution in [0.15, 0.2) is 27.8 Å². The Morgan fingerprint density at radius 3 is 2.79 bits per heavy atom. The average Bonchev–Trinajstić information content (AvgIpc) is 3.38. The molecule has 8 nitrogen and oxygen atoms in total. The zero-order chi connectivity index (χ0) is 19.7. The lowest BCUT2D eigenvalue weighted by atomic mass is 10.1. The van der Waals surface area contributed by atoms with Crippen molar-refractivity contribution in [3.8, 4) is 0 Å². The summed E-state index contributed by atoms with van der Waals surface area (Å²) >= 11 is 0. The summed E-state index contributed by atoms with van der Waals surface area (Å²) in [6.07, 6.45) is 3.54. The molecule has 2 saturated heterocycles. The van der Waals surface area contributed by atoms with Crippen molar-refractivity contribution >= 4 is 29.9 Å². The highest BCUT2D eigenvalue weighted by Gasteiger charge is 2.25. The van der Waals surface area contributed by atoms with Crippen molar-refractivity contribution in [2.75, 3.05) is 65.7 Å². The number of halogens is 1. The molecule has 3 N–H and O–H groups in total. The molecule has 3 heterocycles. The smallest absolute Gasteiger partial charge is 0.191 e. The summed E-state index contributed by atoms with van der Waals surface area (Å²) in [6.45, 7) is 9.09. The topological polar surface area (TPSA) is 91.5 Å². The normalized spacial score (nSPS) is 22.7. The molecule has 0 radical (unpaired) electrons. The molecule has 3 rings (SSSR count). The molecule has 2 atom stereocenters. The second kappa shape index (κ2) is 12.7. The van der Waals surface area contributed by atoms with Crippen LogP contribution < -0.4 is 10.6 Å². The molecule has 1 aromatic rings. The van der Waals surface area contributed by atoms with Gasteiger partial charge in [0, 0.05) is 51.7 Å². The molecule has 0 aliphatic carbocycles. The summed E-state index contributed by atoms with van der Waals surface area (Å²) in [5.41, 5.74) is -0.885. The fourth-order valence-corrected chi connectivity index (χ4v) is 3.46. The van der Waals surface area contributed by atoms with Crippen LogP contribution in [0.2, 0.25) is 0 Å². The van der Waals surface area contributed by atoms with Crippen molar-refractivity contribution in [1.82, 2.24) is 15.5 Å². The van der Waals surface area contributed by atoms with E-state index in [0.29, 0.717) is 25.6 Å². The highest BCUT2D eigenvalue weighted by atomic mass is 127. The number of guanidine groups is 1.